The van der Waals surface area contributed by atoms with Gasteiger partial charge >= 0.3 is 0 Å². The van der Waals surface area contributed by atoms with E-state index in [2.05, 4.69) is 38.5 Å². The molecule has 0 saturated carbocycles. The van der Waals surface area contributed by atoms with Crippen molar-refractivity contribution in [3.8, 4) is 6.07 Å². The van der Waals surface area contributed by atoms with Gasteiger partial charge in [-0.2, -0.15) is 5.26 Å². The van der Waals surface area contributed by atoms with Crippen LogP contribution in [-0.2, 0) is 0 Å². The fourth-order valence-electron chi connectivity index (χ4n) is 0.917. The maximum atomic E-state index is 8.72. The van der Waals surface area contributed by atoms with Crippen molar-refractivity contribution in [1.29, 1.82) is 5.26 Å². The van der Waals surface area contributed by atoms with Crippen molar-refractivity contribution in [2.24, 2.45) is 0 Å². The monoisotopic (exact) mass is 381 g/mol. The molecule has 1 aromatic carbocycles. The zero-order chi connectivity index (χ0) is 10.7. The van der Waals surface area contributed by atoms with Gasteiger partial charge in [0.25, 0.3) is 0 Å². The molecular formula is C10H6BrClIN. The minimum absolute atomic E-state index is 0.512. The molecule has 0 aliphatic rings. The van der Waals surface area contributed by atoms with Gasteiger partial charge in [0.2, 0.25) is 0 Å². The number of allylic oxidation sites excluding steroid dienone is 1. The van der Waals surface area contributed by atoms with Crippen LogP contribution in [0.5, 0.6) is 0 Å². The summed E-state index contributed by atoms with van der Waals surface area (Å²) in [6.07, 6.45) is 0. The van der Waals surface area contributed by atoms with Crippen molar-refractivity contribution >= 4 is 55.2 Å². The van der Waals surface area contributed by atoms with Crippen molar-refractivity contribution in [1.82, 2.24) is 0 Å². The van der Waals surface area contributed by atoms with Crippen LogP contribution in [0.3, 0.4) is 0 Å². The molecule has 0 spiro atoms. The number of nitrogens with zero attached hydrogens (tertiary/aromatic N) is 1. The second-order valence-electron chi connectivity index (χ2n) is 2.67. The molecule has 0 aliphatic heterocycles. The van der Waals surface area contributed by atoms with E-state index < -0.39 is 0 Å². The summed E-state index contributed by atoms with van der Waals surface area (Å²) in [5.41, 5.74) is 1.42. The molecule has 1 aromatic rings. The van der Waals surface area contributed by atoms with E-state index in [0.29, 0.717) is 10.6 Å². The van der Waals surface area contributed by atoms with E-state index in [9.17, 15) is 0 Å². The molecule has 0 bridgehead atoms. The zero-order valence-electron chi connectivity index (χ0n) is 7.31. The maximum Gasteiger partial charge on any atom is 0.0959 e. The van der Waals surface area contributed by atoms with Crippen molar-refractivity contribution in [3.63, 3.8) is 0 Å². The number of benzene rings is 1. The lowest BCUT2D eigenvalue weighted by Gasteiger charge is -2.04. The van der Waals surface area contributed by atoms with Gasteiger partial charge < -0.3 is 0 Å². The van der Waals surface area contributed by atoms with E-state index in [-0.39, 0.29) is 0 Å². The van der Waals surface area contributed by atoms with Crippen LogP contribution < -0.4 is 0 Å². The number of nitriles is 1. The summed E-state index contributed by atoms with van der Waals surface area (Å²) in [4.78, 5) is 0. The average Bonchev–Trinajstić information content (AvgIpc) is 2.19. The Morgan fingerprint density at radius 3 is 2.79 bits per heavy atom. The fraction of sp³-hybridized carbons (Fsp3) is 0.100. The highest BCUT2D eigenvalue weighted by molar-refractivity contribution is 14.1. The molecule has 0 fully saturated rings. The number of hydrogen-bond donors (Lipinski definition) is 0. The highest BCUT2D eigenvalue weighted by atomic mass is 127. The van der Waals surface area contributed by atoms with E-state index in [1.807, 2.05) is 24.3 Å². The van der Waals surface area contributed by atoms with E-state index >= 15 is 0 Å². The summed E-state index contributed by atoms with van der Waals surface area (Å²) in [6, 6.07) is 7.84. The first kappa shape index (κ1) is 12.0. The summed E-state index contributed by atoms with van der Waals surface area (Å²) in [6.45, 7) is 1.71. The number of rotatable bonds is 1. The molecule has 4 heteroatoms. The number of halogens is 3. The molecule has 0 heterocycles. The Morgan fingerprint density at radius 2 is 2.21 bits per heavy atom. The Balaban J connectivity index is 3.34. The SMILES string of the molecule is C/C(C#N)=C(/Cl)c1cc(Br)ccc1I. The third-order valence-electron chi connectivity index (χ3n) is 1.66. The first-order chi connectivity index (χ1) is 6.56. The van der Waals surface area contributed by atoms with Gasteiger partial charge in [-0.25, -0.2) is 0 Å². The summed E-state index contributed by atoms with van der Waals surface area (Å²) < 4.78 is 1.99. The van der Waals surface area contributed by atoms with Gasteiger partial charge in [0.15, 0.2) is 0 Å². The average molecular weight is 382 g/mol. The molecule has 0 radical (unpaired) electrons. The van der Waals surface area contributed by atoms with E-state index in [4.69, 9.17) is 16.9 Å². The van der Waals surface area contributed by atoms with Gasteiger partial charge in [-0.15, -0.1) is 0 Å². The van der Waals surface area contributed by atoms with Crippen molar-refractivity contribution < 1.29 is 0 Å². The second kappa shape index (κ2) is 5.15. The minimum atomic E-state index is 0.512. The highest BCUT2D eigenvalue weighted by Gasteiger charge is 2.07. The first-order valence-electron chi connectivity index (χ1n) is 3.78. The lowest BCUT2D eigenvalue weighted by Crippen LogP contribution is -1.86. The molecular weight excluding hydrogens is 376 g/mol. The third-order valence-corrected chi connectivity index (χ3v) is 3.58. The molecule has 1 rings (SSSR count). The molecule has 14 heavy (non-hydrogen) atoms. The van der Waals surface area contributed by atoms with Crippen LogP contribution in [0.25, 0.3) is 5.03 Å². The van der Waals surface area contributed by atoms with Crippen molar-refractivity contribution in [3.05, 3.63) is 37.4 Å². The normalized spacial score (nSPS) is 11.9. The fourth-order valence-corrected chi connectivity index (χ4v) is 2.24. The van der Waals surface area contributed by atoms with Gasteiger partial charge in [0.1, 0.15) is 0 Å². The van der Waals surface area contributed by atoms with Gasteiger partial charge in [-0.3, -0.25) is 0 Å². The smallest absolute Gasteiger partial charge is 0.0959 e. The second-order valence-corrected chi connectivity index (χ2v) is 5.13. The Morgan fingerprint density at radius 1 is 1.57 bits per heavy atom. The molecule has 0 amide bonds. The van der Waals surface area contributed by atoms with Gasteiger partial charge in [0.05, 0.1) is 11.1 Å². The highest BCUT2D eigenvalue weighted by Crippen LogP contribution is 2.29. The summed E-state index contributed by atoms with van der Waals surface area (Å²) in [7, 11) is 0. The quantitative estimate of drug-likeness (QED) is 0.517. The number of hydrogen-bond acceptors (Lipinski definition) is 1. The van der Waals surface area contributed by atoms with Crippen LogP contribution in [0.2, 0.25) is 0 Å². The van der Waals surface area contributed by atoms with E-state index in [1.54, 1.807) is 6.92 Å². The van der Waals surface area contributed by atoms with E-state index in [1.165, 1.54) is 0 Å². The minimum Gasteiger partial charge on any atom is -0.193 e. The van der Waals surface area contributed by atoms with Crippen molar-refractivity contribution in [2.45, 2.75) is 6.92 Å². The van der Waals surface area contributed by atoms with Gasteiger partial charge in [-0.05, 0) is 47.7 Å². The molecule has 0 saturated heterocycles. The lowest BCUT2D eigenvalue weighted by molar-refractivity contribution is 1.44. The summed E-state index contributed by atoms with van der Waals surface area (Å²) in [5.74, 6) is 0. The molecule has 0 aliphatic carbocycles. The standard InChI is InChI=1S/C10H6BrClIN/c1-6(5-14)10(12)8-4-7(11)2-3-9(8)13/h2-4H,1H3/b10-6-. The largest absolute Gasteiger partial charge is 0.193 e. The molecule has 0 unspecified atom stereocenters. The Hall–Kier alpha value is -0.0500. The van der Waals surface area contributed by atoms with Crippen LogP contribution in [-0.4, -0.2) is 0 Å². The molecule has 0 aromatic heterocycles. The Labute approximate surface area is 110 Å². The van der Waals surface area contributed by atoms with Gasteiger partial charge in [-0.1, -0.05) is 27.5 Å². The zero-order valence-corrected chi connectivity index (χ0v) is 11.8. The third kappa shape index (κ3) is 2.72. The summed E-state index contributed by atoms with van der Waals surface area (Å²) in [5, 5.41) is 9.23. The van der Waals surface area contributed by atoms with Crippen LogP contribution in [0.4, 0.5) is 0 Å². The topological polar surface area (TPSA) is 23.8 Å². The Bertz CT molecular complexity index is 434. The predicted octanol–water partition coefficient (Wildman–Crippen LogP) is 4.55. The molecule has 0 atom stereocenters. The predicted molar refractivity (Wildman–Crippen MR) is 70.9 cm³/mol. The van der Waals surface area contributed by atoms with Gasteiger partial charge in [0, 0.05) is 19.2 Å². The van der Waals surface area contributed by atoms with E-state index in [0.717, 1.165) is 13.6 Å². The van der Waals surface area contributed by atoms with Crippen molar-refractivity contribution in [2.75, 3.05) is 0 Å². The van der Waals surface area contributed by atoms with Crippen LogP contribution in [0, 0.1) is 14.9 Å². The summed E-state index contributed by atoms with van der Waals surface area (Å²) >= 11 is 11.6. The maximum absolute atomic E-state index is 8.72. The lowest BCUT2D eigenvalue weighted by atomic mass is 10.1. The first-order valence-corrected chi connectivity index (χ1v) is 6.03. The van der Waals surface area contributed by atoms with Crippen LogP contribution >= 0.6 is 50.1 Å². The molecule has 1 nitrogen and oxygen atoms in total. The van der Waals surface area contributed by atoms with Crippen LogP contribution in [0.1, 0.15) is 12.5 Å². The molecule has 72 valence electrons. The molecule has 0 N–H and O–H groups in total. The van der Waals surface area contributed by atoms with Crippen LogP contribution in [0.15, 0.2) is 28.2 Å². The Kier molecular flexibility index (Phi) is 4.42.